The Labute approximate surface area is 114 Å². The normalized spacial score (nSPS) is 32.3. The highest BCUT2D eigenvalue weighted by molar-refractivity contribution is 7.91. The molecule has 0 radical (unpaired) electrons. The second kappa shape index (κ2) is 5.76. The molecular weight excluding hydrogens is 268 g/mol. The van der Waals surface area contributed by atoms with Gasteiger partial charge in [-0.05, 0) is 32.9 Å². The van der Waals surface area contributed by atoms with Gasteiger partial charge in [-0.25, -0.2) is 8.42 Å². The average molecular weight is 290 g/mol. The molecule has 0 aromatic heterocycles. The van der Waals surface area contributed by atoms with E-state index >= 15 is 0 Å². The molecule has 110 valence electrons. The molecule has 2 aliphatic rings. The van der Waals surface area contributed by atoms with E-state index in [1.165, 1.54) is 0 Å². The first-order valence-corrected chi connectivity index (χ1v) is 8.62. The zero-order valence-corrected chi connectivity index (χ0v) is 12.1. The first kappa shape index (κ1) is 14.7. The van der Waals surface area contributed by atoms with Crippen molar-refractivity contribution in [3.63, 3.8) is 0 Å². The molecule has 2 fully saturated rings. The van der Waals surface area contributed by atoms with Crippen molar-refractivity contribution in [2.75, 3.05) is 31.2 Å². The van der Waals surface area contributed by atoms with Crippen molar-refractivity contribution in [3.05, 3.63) is 0 Å². The number of esters is 1. The lowest BCUT2D eigenvalue weighted by Crippen LogP contribution is -2.50. The second-order valence-corrected chi connectivity index (χ2v) is 7.52. The Kier molecular flexibility index (Phi) is 4.47. The lowest BCUT2D eigenvalue weighted by atomic mass is 9.95. The van der Waals surface area contributed by atoms with Gasteiger partial charge in [0.15, 0.2) is 9.84 Å². The third-order valence-electron chi connectivity index (χ3n) is 3.98. The number of piperidine rings is 1. The van der Waals surface area contributed by atoms with Crippen LogP contribution >= 0.6 is 0 Å². The summed E-state index contributed by atoms with van der Waals surface area (Å²) < 4.78 is 28.2. The Morgan fingerprint density at radius 1 is 1.32 bits per heavy atom. The number of sulfone groups is 1. The molecule has 2 saturated heterocycles. The molecule has 6 nitrogen and oxygen atoms in total. The van der Waals surface area contributed by atoms with Gasteiger partial charge in [0.05, 0.1) is 24.0 Å². The highest BCUT2D eigenvalue weighted by Crippen LogP contribution is 2.24. The van der Waals surface area contributed by atoms with Crippen LogP contribution in [0.2, 0.25) is 0 Å². The van der Waals surface area contributed by atoms with Crippen LogP contribution in [0, 0.1) is 5.92 Å². The maximum absolute atomic E-state index is 11.6. The molecule has 0 saturated carbocycles. The van der Waals surface area contributed by atoms with E-state index < -0.39 is 9.84 Å². The fourth-order valence-electron chi connectivity index (χ4n) is 2.96. The van der Waals surface area contributed by atoms with Gasteiger partial charge >= 0.3 is 5.97 Å². The van der Waals surface area contributed by atoms with Crippen LogP contribution in [0.3, 0.4) is 0 Å². The van der Waals surface area contributed by atoms with Crippen molar-refractivity contribution < 1.29 is 17.9 Å². The maximum Gasteiger partial charge on any atom is 0.309 e. The third-order valence-corrected chi connectivity index (χ3v) is 5.73. The van der Waals surface area contributed by atoms with Crippen LogP contribution in [0.4, 0.5) is 0 Å². The third kappa shape index (κ3) is 3.46. The highest BCUT2D eigenvalue weighted by atomic mass is 32.2. The van der Waals surface area contributed by atoms with Gasteiger partial charge in [-0.2, -0.15) is 0 Å². The first-order chi connectivity index (χ1) is 8.93. The fraction of sp³-hybridized carbons (Fsp3) is 0.917. The standard InChI is InChI=1S/C12H22N2O4S/c1-2-18-12(15)9-3-5-14(6-4-9)11-8-19(16,17)7-10(11)13/h9-11H,2-8,13H2,1H3. The number of carbonyl (C=O) groups excluding carboxylic acids is 1. The summed E-state index contributed by atoms with van der Waals surface area (Å²) >= 11 is 0. The van der Waals surface area contributed by atoms with Gasteiger partial charge in [0.2, 0.25) is 0 Å². The van der Waals surface area contributed by atoms with E-state index in [9.17, 15) is 13.2 Å². The van der Waals surface area contributed by atoms with E-state index in [1.807, 2.05) is 0 Å². The molecule has 2 aliphatic heterocycles. The zero-order chi connectivity index (χ0) is 14.0. The van der Waals surface area contributed by atoms with Crippen LogP contribution in [-0.2, 0) is 19.4 Å². The minimum absolute atomic E-state index is 0.0505. The summed E-state index contributed by atoms with van der Waals surface area (Å²) in [5.41, 5.74) is 5.92. The molecule has 2 unspecified atom stereocenters. The van der Waals surface area contributed by atoms with Gasteiger partial charge < -0.3 is 10.5 Å². The molecule has 19 heavy (non-hydrogen) atoms. The summed E-state index contributed by atoms with van der Waals surface area (Å²) in [7, 11) is -2.99. The number of hydrogen-bond donors (Lipinski definition) is 1. The molecule has 0 aliphatic carbocycles. The van der Waals surface area contributed by atoms with Crippen molar-refractivity contribution in [1.82, 2.24) is 4.90 Å². The first-order valence-electron chi connectivity index (χ1n) is 6.79. The summed E-state index contributed by atoms with van der Waals surface area (Å²) in [6.45, 7) is 3.65. The number of nitrogens with zero attached hydrogens (tertiary/aromatic N) is 1. The molecular formula is C12H22N2O4S. The van der Waals surface area contributed by atoms with Crippen LogP contribution in [0.1, 0.15) is 19.8 Å². The van der Waals surface area contributed by atoms with Gasteiger partial charge in [-0.3, -0.25) is 9.69 Å². The van der Waals surface area contributed by atoms with Crippen LogP contribution in [0.5, 0.6) is 0 Å². The van der Waals surface area contributed by atoms with Crippen molar-refractivity contribution in [1.29, 1.82) is 0 Å². The minimum Gasteiger partial charge on any atom is -0.466 e. The van der Waals surface area contributed by atoms with Crippen LogP contribution in [-0.4, -0.2) is 62.6 Å². The molecule has 2 rings (SSSR count). The number of likely N-dealkylation sites (tertiary alicyclic amines) is 1. The molecule has 7 heteroatoms. The number of rotatable bonds is 3. The molecule has 2 N–H and O–H groups in total. The summed E-state index contributed by atoms with van der Waals surface area (Å²) in [5.74, 6) is 0.0455. The smallest absolute Gasteiger partial charge is 0.309 e. The monoisotopic (exact) mass is 290 g/mol. The van der Waals surface area contributed by atoms with Gasteiger partial charge in [-0.1, -0.05) is 0 Å². The lowest BCUT2D eigenvalue weighted by Gasteiger charge is -2.36. The Hall–Kier alpha value is -0.660. The summed E-state index contributed by atoms with van der Waals surface area (Å²) in [5, 5.41) is 0. The zero-order valence-electron chi connectivity index (χ0n) is 11.2. The SMILES string of the molecule is CCOC(=O)C1CCN(C2CS(=O)(=O)CC2N)CC1. The van der Waals surface area contributed by atoms with E-state index in [2.05, 4.69) is 4.90 Å². The highest BCUT2D eigenvalue weighted by Gasteiger charge is 2.40. The van der Waals surface area contributed by atoms with E-state index in [0.717, 1.165) is 25.9 Å². The van der Waals surface area contributed by atoms with Crippen LogP contribution in [0.25, 0.3) is 0 Å². The van der Waals surface area contributed by atoms with E-state index in [4.69, 9.17) is 10.5 Å². The molecule has 0 aromatic rings. The predicted molar refractivity (Wildman–Crippen MR) is 71.3 cm³/mol. The van der Waals surface area contributed by atoms with E-state index in [-0.39, 0.29) is 35.5 Å². The topological polar surface area (TPSA) is 89.7 Å². The Morgan fingerprint density at radius 3 is 2.42 bits per heavy atom. The van der Waals surface area contributed by atoms with Gasteiger partial charge in [0.1, 0.15) is 0 Å². The number of carbonyl (C=O) groups is 1. The Balaban J connectivity index is 1.88. The second-order valence-electron chi connectivity index (χ2n) is 5.37. The van der Waals surface area contributed by atoms with E-state index in [0.29, 0.717) is 6.61 Å². The average Bonchev–Trinajstić information content (AvgIpc) is 2.63. The van der Waals surface area contributed by atoms with Gasteiger partial charge in [0.25, 0.3) is 0 Å². The van der Waals surface area contributed by atoms with E-state index in [1.54, 1.807) is 6.92 Å². The Bertz CT molecular complexity index is 429. The number of nitrogens with two attached hydrogens (primary N) is 1. The molecule has 2 heterocycles. The number of hydrogen-bond acceptors (Lipinski definition) is 6. The fourth-order valence-corrected chi connectivity index (χ4v) is 4.88. The van der Waals surface area contributed by atoms with Crippen LogP contribution < -0.4 is 5.73 Å². The maximum atomic E-state index is 11.6. The Morgan fingerprint density at radius 2 is 1.95 bits per heavy atom. The summed E-state index contributed by atoms with van der Waals surface area (Å²) in [4.78, 5) is 13.7. The minimum atomic E-state index is -2.99. The predicted octanol–water partition coefficient (Wildman–Crippen LogP) is -0.614. The van der Waals surface area contributed by atoms with Crippen LogP contribution in [0.15, 0.2) is 0 Å². The molecule has 0 amide bonds. The molecule has 0 aromatic carbocycles. The van der Waals surface area contributed by atoms with Crippen molar-refractivity contribution in [3.8, 4) is 0 Å². The largest absolute Gasteiger partial charge is 0.466 e. The van der Waals surface area contributed by atoms with Gasteiger partial charge in [0, 0.05) is 12.1 Å². The van der Waals surface area contributed by atoms with Crippen molar-refractivity contribution in [2.24, 2.45) is 11.7 Å². The van der Waals surface area contributed by atoms with Gasteiger partial charge in [-0.15, -0.1) is 0 Å². The molecule has 2 atom stereocenters. The van der Waals surface area contributed by atoms with Crippen molar-refractivity contribution in [2.45, 2.75) is 31.8 Å². The summed E-state index contributed by atoms with van der Waals surface area (Å²) in [6.07, 6.45) is 1.45. The molecule has 0 bridgehead atoms. The number of ether oxygens (including phenoxy) is 1. The lowest BCUT2D eigenvalue weighted by molar-refractivity contribution is -0.149. The van der Waals surface area contributed by atoms with Crippen molar-refractivity contribution >= 4 is 15.8 Å². The molecule has 0 spiro atoms. The summed E-state index contributed by atoms with van der Waals surface area (Å²) in [6, 6.07) is -0.391. The quantitative estimate of drug-likeness (QED) is 0.697.